The zero-order valence-corrected chi connectivity index (χ0v) is 12.5. The maximum atomic E-state index is 12.3. The summed E-state index contributed by atoms with van der Waals surface area (Å²) in [5.74, 6) is 0. The molecule has 1 aromatic heterocycles. The van der Waals surface area contributed by atoms with E-state index in [9.17, 15) is 4.79 Å². The van der Waals surface area contributed by atoms with Crippen molar-refractivity contribution >= 4 is 11.7 Å². The second-order valence-corrected chi connectivity index (χ2v) is 5.35. The highest BCUT2D eigenvalue weighted by Crippen LogP contribution is 2.23. The largest absolute Gasteiger partial charge is 0.379 e. The third-order valence-electron chi connectivity index (χ3n) is 3.95. The summed E-state index contributed by atoms with van der Waals surface area (Å²) in [5.41, 5.74) is 1.10. The fourth-order valence-corrected chi connectivity index (χ4v) is 2.56. The zero-order valence-electron chi connectivity index (χ0n) is 12.5. The molecule has 1 aliphatic heterocycles. The van der Waals surface area contributed by atoms with Crippen LogP contribution in [0.3, 0.4) is 0 Å². The Morgan fingerprint density at radius 2 is 2.14 bits per heavy atom. The van der Waals surface area contributed by atoms with E-state index in [1.165, 1.54) is 4.80 Å². The van der Waals surface area contributed by atoms with Crippen molar-refractivity contribution < 1.29 is 9.53 Å². The minimum atomic E-state index is -0.275. The summed E-state index contributed by atoms with van der Waals surface area (Å²) >= 11 is 0. The van der Waals surface area contributed by atoms with Gasteiger partial charge in [-0.1, -0.05) is 19.1 Å². The summed E-state index contributed by atoms with van der Waals surface area (Å²) in [6, 6.07) is 7.16. The molecule has 0 saturated carbocycles. The van der Waals surface area contributed by atoms with Crippen molar-refractivity contribution in [3.63, 3.8) is 0 Å². The quantitative estimate of drug-likeness (QED) is 0.904. The van der Waals surface area contributed by atoms with Gasteiger partial charge in [-0.05, 0) is 25.0 Å². The number of amides is 2. The van der Waals surface area contributed by atoms with Crippen molar-refractivity contribution in [3.8, 4) is 5.69 Å². The average molecular weight is 301 g/mol. The number of hydrogen-bond donors (Lipinski definition) is 2. The molecule has 2 aromatic rings. The van der Waals surface area contributed by atoms with Crippen molar-refractivity contribution in [2.24, 2.45) is 0 Å². The Hall–Kier alpha value is -2.41. The van der Waals surface area contributed by atoms with Crippen LogP contribution in [0.4, 0.5) is 10.5 Å². The summed E-state index contributed by atoms with van der Waals surface area (Å²) in [6.07, 6.45) is 4.86. The van der Waals surface area contributed by atoms with Crippen molar-refractivity contribution in [2.75, 3.05) is 18.5 Å². The van der Waals surface area contributed by atoms with Gasteiger partial charge in [0.1, 0.15) is 5.69 Å². The second-order valence-electron chi connectivity index (χ2n) is 5.35. The molecule has 0 aliphatic carbocycles. The number of carbonyl (C=O) groups excluding carboxylic acids is 1. The van der Waals surface area contributed by atoms with Gasteiger partial charge in [-0.3, -0.25) is 0 Å². The summed E-state index contributed by atoms with van der Waals surface area (Å²) in [4.78, 5) is 13.8. The normalized spacial score (nSPS) is 20.8. The number of nitrogens with one attached hydrogen (secondary N) is 2. The molecule has 116 valence electrons. The van der Waals surface area contributed by atoms with Gasteiger partial charge in [0.25, 0.3) is 0 Å². The number of para-hydroxylation sites is 2. The monoisotopic (exact) mass is 301 g/mol. The van der Waals surface area contributed by atoms with Crippen molar-refractivity contribution in [1.82, 2.24) is 20.3 Å². The van der Waals surface area contributed by atoms with Gasteiger partial charge in [-0.15, -0.1) is 4.80 Å². The van der Waals surface area contributed by atoms with Crippen LogP contribution >= 0.6 is 0 Å². The number of urea groups is 1. The van der Waals surface area contributed by atoms with Crippen LogP contribution in [-0.2, 0) is 4.74 Å². The predicted molar refractivity (Wildman–Crippen MR) is 82.0 cm³/mol. The number of ether oxygens (including phenoxy) is 1. The minimum absolute atomic E-state index is 0.244. The van der Waals surface area contributed by atoms with E-state index < -0.39 is 0 Å². The second kappa shape index (κ2) is 6.15. The van der Waals surface area contributed by atoms with E-state index in [0.717, 1.165) is 18.5 Å². The molecule has 1 atom stereocenters. The summed E-state index contributed by atoms with van der Waals surface area (Å²) in [5, 5.41) is 14.1. The van der Waals surface area contributed by atoms with Gasteiger partial charge in [0.15, 0.2) is 0 Å². The standard InChI is InChI=1S/C15H19N5O2/c1-2-15(7-10-22-11-15)19-14(21)18-12-5-3-4-6-13(12)20-16-8-9-17-20/h3-6,8-9H,2,7,10-11H2,1H3,(H2,18,19,21). The molecule has 0 bridgehead atoms. The number of carbonyl (C=O) groups is 1. The van der Waals surface area contributed by atoms with E-state index >= 15 is 0 Å². The molecule has 3 rings (SSSR count). The maximum Gasteiger partial charge on any atom is 0.319 e. The van der Waals surface area contributed by atoms with Gasteiger partial charge in [0.2, 0.25) is 0 Å². The molecule has 0 spiro atoms. The molecule has 2 heterocycles. The highest BCUT2D eigenvalue weighted by Gasteiger charge is 2.34. The number of nitrogens with zero attached hydrogens (tertiary/aromatic N) is 3. The fraction of sp³-hybridized carbons (Fsp3) is 0.400. The van der Waals surface area contributed by atoms with Crippen LogP contribution in [0.1, 0.15) is 19.8 Å². The molecule has 1 saturated heterocycles. The van der Waals surface area contributed by atoms with E-state index in [1.807, 2.05) is 24.3 Å². The highest BCUT2D eigenvalue weighted by molar-refractivity contribution is 5.92. The van der Waals surface area contributed by atoms with Gasteiger partial charge >= 0.3 is 6.03 Å². The molecule has 22 heavy (non-hydrogen) atoms. The molecule has 0 radical (unpaired) electrons. The molecule has 1 unspecified atom stereocenters. The number of rotatable bonds is 4. The molecule has 2 amide bonds. The topological polar surface area (TPSA) is 81.1 Å². The Balaban J connectivity index is 1.75. The van der Waals surface area contributed by atoms with Crippen LogP contribution < -0.4 is 10.6 Å². The first kappa shape index (κ1) is 14.5. The molecule has 7 heteroatoms. The van der Waals surface area contributed by atoms with E-state index in [4.69, 9.17) is 4.74 Å². The lowest BCUT2D eigenvalue weighted by Gasteiger charge is -2.27. The Kier molecular flexibility index (Phi) is 4.06. The maximum absolute atomic E-state index is 12.3. The van der Waals surface area contributed by atoms with Crippen LogP contribution in [-0.4, -0.2) is 39.8 Å². The summed E-state index contributed by atoms with van der Waals surface area (Å²) < 4.78 is 5.42. The van der Waals surface area contributed by atoms with Crippen molar-refractivity contribution in [1.29, 1.82) is 0 Å². The molecule has 1 aliphatic rings. The molecule has 2 N–H and O–H groups in total. The Morgan fingerprint density at radius 3 is 2.82 bits per heavy atom. The van der Waals surface area contributed by atoms with Gasteiger partial charge in [-0.2, -0.15) is 10.2 Å². The van der Waals surface area contributed by atoms with Gasteiger partial charge in [0.05, 0.1) is 30.2 Å². The Bertz CT molecular complexity index is 635. The number of benzene rings is 1. The Morgan fingerprint density at radius 1 is 1.36 bits per heavy atom. The van der Waals surface area contributed by atoms with E-state index in [1.54, 1.807) is 12.4 Å². The lowest BCUT2D eigenvalue weighted by atomic mass is 9.96. The molecule has 1 fully saturated rings. The highest BCUT2D eigenvalue weighted by atomic mass is 16.5. The SMILES string of the molecule is CCC1(NC(=O)Nc2ccccc2-n2nccn2)CCOC1. The fourth-order valence-electron chi connectivity index (χ4n) is 2.56. The first-order chi connectivity index (χ1) is 10.7. The number of aromatic nitrogens is 3. The van der Waals surface area contributed by atoms with E-state index in [2.05, 4.69) is 27.8 Å². The summed E-state index contributed by atoms with van der Waals surface area (Å²) in [7, 11) is 0. The molecular weight excluding hydrogens is 282 g/mol. The average Bonchev–Trinajstić information content (AvgIpc) is 3.19. The van der Waals surface area contributed by atoms with Crippen LogP contribution in [0.25, 0.3) is 5.69 Å². The number of hydrogen-bond acceptors (Lipinski definition) is 4. The third kappa shape index (κ3) is 2.94. The van der Waals surface area contributed by atoms with E-state index in [-0.39, 0.29) is 11.6 Å². The predicted octanol–water partition coefficient (Wildman–Crippen LogP) is 1.96. The van der Waals surface area contributed by atoms with Gasteiger partial charge < -0.3 is 15.4 Å². The Labute approximate surface area is 128 Å². The lowest BCUT2D eigenvalue weighted by Crippen LogP contribution is -2.50. The number of anilines is 1. The summed E-state index contributed by atoms with van der Waals surface area (Å²) in [6.45, 7) is 3.29. The minimum Gasteiger partial charge on any atom is -0.379 e. The van der Waals surface area contributed by atoms with Crippen molar-refractivity contribution in [3.05, 3.63) is 36.7 Å². The molecular formula is C15H19N5O2. The first-order valence-corrected chi connectivity index (χ1v) is 7.35. The molecule has 7 nitrogen and oxygen atoms in total. The van der Waals surface area contributed by atoms with Crippen LogP contribution in [0.15, 0.2) is 36.7 Å². The van der Waals surface area contributed by atoms with Gasteiger partial charge in [-0.25, -0.2) is 4.79 Å². The van der Waals surface area contributed by atoms with Crippen LogP contribution in [0.5, 0.6) is 0 Å². The van der Waals surface area contributed by atoms with Crippen LogP contribution in [0, 0.1) is 0 Å². The smallest absolute Gasteiger partial charge is 0.319 e. The van der Waals surface area contributed by atoms with E-state index in [0.29, 0.717) is 18.9 Å². The molecule has 1 aromatic carbocycles. The van der Waals surface area contributed by atoms with Crippen molar-refractivity contribution in [2.45, 2.75) is 25.3 Å². The van der Waals surface area contributed by atoms with Crippen LogP contribution in [0.2, 0.25) is 0 Å². The zero-order chi connectivity index (χ0) is 15.4. The van der Waals surface area contributed by atoms with Gasteiger partial charge in [0, 0.05) is 6.61 Å². The lowest BCUT2D eigenvalue weighted by molar-refractivity contribution is 0.165. The third-order valence-corrected chi connectivity index (χ3v) is 3.95. The first-order valence-electron chi connectivity index (χ1n) is 7.35.